The van der Waals surface area contributed by atoms with Crippen molar-refractivity contribution >= 4 is 0 Å². The van der Waals surface area contributed by atoms with E-state index >= 15 is 0 Å². The van der Waals surface area contributed by atoms with Gasteiger partial charge in [0, 0.05) is 30.4 Å². The Morgan fingerprint density at radius 3 is 1.85 bits per heavy atom. The van der Waals surface area contributed by atoms with E-state index in [1.165, 1.54) is 83.5 Å². The maximum Gasteiger partial charge on any atom is 0.0625 e. The Balaban J connectivity index is 3.23. The molecule has 5 heteroatoms. The first-order chi connectivity index (χ1) is 12.8. The average Bonchev–Trinajstić information content (AvgIpc) is 2.65. The fourth-order valence-electron chi connectivity index (χ4n) is 3.11. The zero-order valence-corrected chi connectivity index (χ0v) is 17.0. The predicted molar refractivity (Wildman–Crippen MR) is 109 cm³/mol. The minimum absolute atomic E-state index is 0.0301. The van der Waals surface area contributed by atoms with Crippen LogP contribution in [0, 0.1) is 17.2 Å². The van der Waals surface area contributed by atoms with E-state index in [0.29, 0.717) is 19.6 Å². The molecule has 26 heavy (non-hydrogen) atoms. The van der Waals surface area contributed by atoms with Gasteiger partial charge >= 0.3 is 0 Å². The summed E-state index contributed by atoms with van der Waals surface area (Å²) in [6, 6.07) is 2.12. The van der Waals surface area contributed by atoms with Gasteiger partial charge in [-0.25, -0.2) is 0 Å². The lowest BCUT2D eigenvalue weighted by Crippen LogP contribution is -2.13. The number of hydrogen-bond acceptors (Lipinski definition) is 3. The largest absolute Gasteiger partial charge is 0.381 e. The van der Waals surface area contributed by atoms with E-state index in [2.05, 4.69) is 23.0 Å². The summed E-state index contributed by atoms with van der Waals surface area (Å²) in [6.45, 7) is 3.89. The van der Waals surface area contributed by atoms with Crippen LogP contribution in [0.1, 0.15) is 103 Å². The third-order valence-electron chi connectivity index (χ3n) is 4.78. The molecule has 0 radical (unpaired) electrons. The summed E-state index contributed by atoms with van der Waals surface area (Å²) in [5.41, 5.74) is 8.33. The van der Waals surface area contributed by atoms with Crippen LogP contribution in [0.2, 0.25) is 0 Å². The fourth-order valence-corrected chi connectivity index (χ4v) is 3.11. The van der Waals surface area contributed by atoms with Gasteiger partial charge in [0.15, 0.2) is 0 Å². The van der Waals surface area contributed by atoms with Crippen molar-refractivity contribution in [3.8, 4) is 6.07 Å². The van der Waals surface area contributed by atoms with Crippen LogP contribution in [0.15, 0.2) is 5.11 Å². The van der Waals surface area contributed by atoms with E-state index in [0.717, 1.165) is 13.0 Å². The van der Waals surface area contributed by atoms with Crippen molar-refractivity contribution in [2.45, 2.75) is 103 Å². The molecule has 0 aliphatic heterocycles. The summed E-state index contributed by atoms with van der Waals surface area (Å²) in [4.78, 5) is 2.74. The SMILES string of the molecule is CCCCCCCCCCCCCCCCOCC(CC#N)CN=[N+]=[N-]. The molecule has 1 atom stereocenters. The Morgan fingerprint density at radius 2 is 1.38 bits per heavy atom. The van der Waals surface area contributed by atoms with Gasteiger partial charge in [-0.3, -0.25) is 0 Å². The zero-order chi connectivity index (χ0) is 19.1. The minimum Gasteiger partial charge on any atom is -0.381 e. The smallest absolute Gasteiger partial charge is 0.0625 e. The number of rotatable bonds is 20. The van der Waals surface area contributed by atoms with Crippen LogP contribution < -0.4 is 0 Å². The van der Waals surface area contributed by atoms with E-state index < -0.39 is 0 Å². The van der Waals surface area contributed by atoms with E-state index in [-0.39, 0.29) is 5.92 Å². The highest BCUT2D eigenvalue weighted by atomic mass is 16.5. The first-order valence-corrected chi connectivity index (χ1v) is 10.8. The molecule has 0 heterocycles. The molecule has 0 bridgehead atoms. The van der Waals surface area contributed by atoms with Crippen molar-refractivity contribution in [2.24, 2.45) is 11.0 Å². The van der Waals surface area contributed by atoms with Crippen LogP contribution in [-0.4, -0.2) is 19.8 Å². The standard InChI is InChI=1S/C21H40N4O/c1-2-3-4-5-6-7-8-9-10-11-12-13-14-15-18-26-20-21(16-17-22)19-24-25-23/h21H,2-16,18-20H2,1H3. The van der Waals surface area contributed by atoms with Crippen molar-refractivity contribution < 1.29 is 4.74 Å². The third-order valence-corrected chi connectivity index (χ3v) is 4.78. The van der Waals surface area contributed by atoms with E-state index in [1.807, 2.05) is 0 Å². The molecule has 0 aromatic rings. The van der Waals surface area contributed by atoms with Crippen molar-refractivity contribution in [3.63, 3.8) is 0 Å². The quantitative estimate of drug-likeness (QED) is 0.0980. The summed E-state index contributed by atoms with van der Waals surface area (Å²) in [6.07, 6.45) is 19.3. The van der Waals surface area contributed by atoms with Gasteiger partial charge in [-0.2, -0.15) is 5.26 Å². The first-order valence-electron chi connectivity index (χ1n) is 10.8. The number of nitriles is 1. The van der Waals surface area contributed by atoms with Gasteiger partial charge in [0.1, 0.15) is 0 Å². The molecular weight excluding hydrogens is 324 g/mol. The lowest BCUT2D eigenvalue weighted by Gasteiger charge is -2.11. The summed E-state index contributed by atoms with van der Waals surface area (Å²) >= 11 is 0. The van der Waals surface area contributed by atoms with Gasteiger partial charge in [-0.15, -0.1) is 0 Å². The van der Waals surface area contributed by atoms with Crippen LogP contribution in [-0.2, 0) is 4.74 Å². The highest BCUT2D eigenvalue weighted by Gasteiger charge is 2.07. The topological polar surface area (TPSA) is 81.8 Å². The summed E-state index contributed by atoms with van der Waals surface area (Å²) in [5, 5.41) is 12.3. The van der Waals surface area contributed by atoms with E-state index in [4.69, 9.17) is 15.5 Å². The molecule has 150 valence electrons. The summed E-state index contributed by atoms with van der Waals surface area (Å²) < 4.78 is 5.62. The number of hydrogen-bond donors (Lipinski definition) is 0. The highest BCUT2D eigenvalue weighted by Crippen LogP contribution is 2.13. The van der Waals surface area contributed by atoms with Crippen LogP contribution in [0.5, 0.6) is 0 Å². The lowest BCUT2D eigenvalue weighted by molar-refractivity contribution is 0.0995. The lowest BCUT2D eigenvalue weighted by atomic mass is 10.0. The molecule has 0 saturated carbocycles. The molecule has 1 unspecified atom stereocenters. The first kappa shape index (κ1) is 24.8. The normalized spacial score (nSPS) is 11.7. The van der Waals surface area contributed by atoms with Crippen molar-refractivity contribution in [2.75, 3.05) is 19.8 Å². The average molecular weight is 365 g/mol. The van der Waals surface area contributed by atoms with Gasteiger partial charge in [0.25, 0.3) is 0 Å². The summed E-state index contributed by atoms with van der Waals surface area (Å²) in [7, 11) is 0. The Morgan fingerprint density at radius 1 is 0.885 bits per heavy atom. The van der Waals surface area contributed by atoms with Gasteiger partial charge in [-0.1, -0.05) is 95.5 Å². The second-order valence-corrected chi connectivity index (χ2v) is 7.31. The molecule has 0 aliphatic carbocycles. The maximum atomic E-state index is 8.73. The molecule has 0 aromatic carbocycles. The molecule has 5 nitrogen and oxygen atoms in total. The van der Waals surface area contributed by atoms with Gasteiger partial charge < -0.3 is 4.74 Å². The molecule has 0 aliphatic rings. The summed E-state index contributed by atoms with van der Waals surface area (Å²) in [5.74, 6) is 0.0301. The van der Waals surface area contributed by atoms with Gasteiger partial charge in [-0.05, 0) is 12.0 Å². The maximum absolute atomic E-state index is 8.73. The second kappa shape index (κ2) is 21.8. The molecule has 0 aromatic heterocycles. The zero-order valence-electron chi connectivity index (χ0n) is 17.0. The van der Waals surface area contributed by atoms with Crippen LogP contribution in [0.4, 0.5) is 0 Å². The second-order valence-electron chi connectivity index (χ2n) is 7.31. The van der Waals surface area contributed by atoms with Crippen LogP contribution >= 0.6 is 0 Å². The van der Waals surface area contributed by atoms with Crippen LogP contribution in [0.3, 0.4) is 0 Å². The molecule has 0 spiro atoms. The molecule has 0 rings (SSSR count). The van der Waals surface area contributed by atoms with Crippen molar-refractivity contribution in [1.29, 1.82) is 5.26 Å². The van der Waals surface area contributed by atoms with E-state index in [9.17, 15) is 0 Å². The molecular formula is C21H40N4O. The third kappa shape index (κ3) is 19.1. The van der Waals surface area contributed by atoms with Crippen molar-refractivity contribution in [1.82, 2.24) is 0 Å². The van der Waals surface area contributed by atoms with E-state index in [1.54, 1.807) is 0 Å². The van der Waals surface area contributed by atoms with Gasteiger partial charge in [0.2, 0.25) is 0 Å². The Hall–Kier alpha value is -1.24. The van der Waals surface area contributed by atoms with Crippen molar-refractivity contribution in [3.05, 3.63) is 10.4 Å². The van der Waals surface area contributed by atoms with Gasteiger partial charge in [0.05, 0.1) is 12.7 Å². The predicted octanol–water partition coefficient (Wildman–Crippen LogP) is 7.32. The monoisotopic (exact) mass is 364 g/mol. The molecule has 0 saturated heterocycles. The van der Waals surface area contributed by atoms with Crippen LogP contribution in [0.25, 0.3) is 10.4 Å². The number of nitrogens with zero attached hydrogens (tertiary/aromatic N) is 4. The number of unbranched alkanes of at least 4 members (excludes halogenated alkanes) is 13. The Kier molecular flexibility index (Phi) is 20.8. The Bertz CT molecular complexity index is 375. The molecule has 0 fully saturated rings. The minimum atomic E-state index is 0.0301. The number of azide groups is 1. The molecule has 0 amide bonds. The highest BCUT2D eigenvalue weighted by molar-refractivity contribution is 4.77. The number of ether oxygens (including phenoxy) is 1. The Labute approximate surface area is 161 Å². The molecule has 0 N–H and O–H groups in total. The fraction of sp³-hybridized carbons (Fsp3) is 0.952.